The molecule has 0 aliphatic heterocycles. The van der Waals surface area contributed by atoms with Crippen molar-refractivity contribution in [2.75, 3.05) is 17.0 Å². The van der Waals surface area contributed by atoms with Crippen LogP contribution in [-0.4, -0.2) is 26.8 Å². The zero-order chi connectivity index (χ0) is 13.6. The zero-order valence-electron chi connectivity index (χ0n) is 10.6. The van der Waals surface area contributed by atoms with Crippen LogP contribution in [0.2, 0.25) is 0 Å². The molecule has 0 atom stereocenters. The molecule has 4 nitrogen and oxygen atoms in total. The van der Waals surface area contributed by atoms with Gasteiger partial charge < -0.3 is 5.32 Å². The van der Waals surface area contributed by atoms with Crippen molar-refractivity contribution < 1.29 is 12.8 Å². The van der Waals surface area contributed by atoms with Crippen LogP contribution in [0.5, 0.6) is 0 Å². The fourth-order valence-electron chi connectivity index (χ4n) is 1.44. The predicted molar refractivity (Wildman–Crippen MR) is 71.6 cm³/mol. The van der Waals surface area contributed by atoms with E-state index in [1.807, 2.05) is 13.8 Å². The molecular formula is C12H19FN2O2S. The van der Waals surface area contributed by atoms with Gasteiger partial charge in [-0.3, -0.25) is 4.72 Å². The molecule has 0 bridgehead atoms. The minimum atomic E-state index is -3.41. The summed E-state index contributed by atoms with van der Waals surface area (Å²) in [5, 5.41) is 3.14. The lowest BCUT2D eigenvalue weighted by Crippen LogP contribution is -2.26. The molecule has 0 unspecified atom stereocenters. The number of rotatable bonds is 7. The summed E-state index contributed by atoms with van der Waals surface area (Å²) in [5.41, 5.74) is 0.256. The Morgan fingerprint density at radius 3 is 2.67 bits per heavy atom. The normalized spacial score (nSPS) is 11.8. The van der Waals surface area contributed by atoms with E-state index in [2.05, 4.69) is 10.0 Å². The second-order valence-electron chi connectivity index (χ2n) is 4.39. The van der Waals surface area contributed by atoms with Crippen LogP contribution in [-0.2, 0) is 10.0 Å². The van der Waals surface area contributed by atoms with Crippen molar-refractivity contribution in [3.8, 4) is 0 Å². The average Bonchev–Trinajstić information content (AvgIpc) is 2.23. The highest BCUT2D eigenvalue weighted by atomic mass is 32.2. The molecule has 0 radical (unpaired) electrons. The highest BCUT2D eigenvalue weighted by Crippen LogP contribution is 2.11. The summed E-state index contributed by atoms with van der Waals surface area (Å²) in [7, 11) is -3.41. The van der Waals surface area contributed by atoms with E-state index in [1.54, 1.807) is 0 Å². The molecule has 1 aromatic carbocycles. The smallest absolute Gasteiger partial charge is 0.232 e. The van der Waals surface area contributed by atoms with Crippen molar-refractivity contribution >= 4 is 15.7 Å². The number of sulfonamides is 1. The quantitative estimate of drug-likeness (QED) is 0.747. The fraction of sp³-hybridized carbons (Fsp3) is 0.500. The van der Waals surface area contributed by atoms with E-state index in [1.165, 1.54) is 18.2 Å². The van der Waals surface area contributed by atoms with Crippen LogP contribution in [0.4, 0.5) is 10.1 Å². The molecule has 102 valence electrons. The van der Waals surface area contributed by atoms with Crippen molar-refractivity contribution in [1.29, 1.82) is 0 Å². The van der Waals surface area contributed by atoms with E-state index in [0.29, 0.717) is 19.0 Å². The number of hydrogen-bond donors (Lipinski definition) is 2. The number of hydrogen-bond acceptors (Lipinski definition) is 3. The van der Waals surface area contributed by atoms with Gasteiger partial charge in [0, 0.05) is 6.04 Å². The van der Waals surface area contributed by atoms with Gasteiger partial charge in [0.25, 0.3) is 0 Å². The maximum Gasteiger partial charge on any atom is 0.232 e. The molecule has 0 amide bonds. The number of anilines is 1. The fourth-order valence-corrected chi connectivity index (χ4v) is 2.55. The van der Waals surface area contributed by atoms with Crippen molar-refractivity contribution in [2.45, 2.75) is 26.3 Å². The van der Waals surface area contributed by atoms with Crippen LogP contribution < -0.4 is 10.0 Å². The first-order valence-electron chi connectivity index (χ1n) is 5.88. The Hall–Kier alpha value is -1.14. The zero-order valence-corrected chi connectivity index (χ0v) is 11.4. The van der Waals surface area contributed by atoms with Gasteiger partial charge in [0.15, 0.2) is 0 Å². The molecule has 0 heterocycles. The average molecular weight is 274 g/mol. The Balaban J connectivity index is 2.45. The maximum absolute atomic E-state index is 12.9. The molecule has 1 rings (SSSR count). The Labute approximate surface area is 108 Å². The second kappa shape index (κ2) is 6.70. The van der Waals surface area contributed by atoms with E-state index < -0.39 is 15.8 Å². The summed E-state index contributed by atoms with van der Waals surface area (Å²) < 4.78 is 38.6. The molecule has 2 N–H and O–H groups in total. The van der Waals surface area contributed by atoms with Gasteiger partial charge in [0.1, 0.15) is 5.82 Å². The Morgan fingerprint density at radius 2 is 2.06 bits per heavy atom. The number of halogens is 1. The predicted octanol–water partition coefficient (Wildman–Crippen LogP) is 1.96. The minimum absolute atomic E-state index is 0.0171. The Bertz CT molecular complexity index is 475. The molecule has 0 aromatic heterocycles. The topological polar surface area (TPSA) is 58.2 Å². The standard InChI is InChI=1S/C12H19FN2O2S/c1-10(2)14-7-4-8-18(16,17)15-12-6-3-5-11(13)9-12/h3,5-6,9-10,14-15H,4,7-8H2,1-2H3. The van der Waals surface area contributed by atoms with Gasteiger partial charge in [-0.05, 0) is 31.2 Å². The van der Waals surface area contributed by atoms with Crippen LogP contribution >= 0.6 is 0 Å². The molecule has 0 spiro atoms. The summed E-state index contributed by atoms with van der Waals surface area (Å²) in [5.74, 6) is -0.444. The van der Waals surface area contributed by atoms with Crippen LogP contribution in [0.15, 0.2) is 24.3 Å². The van der Waals surface area contributed by atoms with Crippen LogP contribution in [0.3, 0.4) is 0 Å². The Morgan fingerprint density at radius 1 is 1.33 bits per heavy atom. The number of nitrogens with one attached hydrogen (secondary N) is 2. The highest BCUT2D eigenvalue weighted by molar-refractivity contribution is 7.92. The van der Waals surface area contributed by atoms with Crippen LogP contribution in [0, 0.1) is 5.82 Å². The van der Waals surface area contributed by atoms with Gasteiger partial charge in [-0.15, -0.1) is 0 Å². The summed E-state index contributed by atoms with van der Waals surface area (Å²) in [6.07, 6.45) is 0.517. The first-order chi connectivity index (χ1) is 8.39. The van der Waals surface area contributed by atoms with Crippen molar-refractivity contribution in [3.63, 3.8) is 0 Å². The monoisotopic (exact) mass is 274 g/mol. The van der Waals surface area contributed by atoms with Gasteiger partial charge in [0.2, 0.25) is 10.0 Å². The molecular weight excluding hydrogens is 255 g/mol. The molecule has 0 aliphatic carbocycles. The third kappa shape index (κ3) is 5.97. The lowest BCUT2D eigenvalue weighted by atomic mass is 10.3. The number of benzene rings is 1. The molecule has 18 heavy (non-hydrogen) atoms. The third-order valence-electron chi connectivity index (χ3n) is 2.24. The van der Waals surface area contributed by atoms with E-state index in [9.17, 15) is 12.8 Å². The lowest BCUT2D eigenvalue weighted by molar-refractivity contribution is 0.571. The maximum atomic E-state index is 12.9. The molecule has 6 heteroatoms. The largest absolute Gasteiger partial charge is 0.314 e. The van der Waals surface area contributed by atoms with Crippen molar-refractivity contribution in [1.82, 2.24) is 5.32 Å². The summed E-state index contributed by atoms with van der Waals surface area (Å²) in [6.45, 7) is 4.64. The first kappa shape index (κ1) is 14.9. The summed E-state index contributed by atoms with van der Waals surface area (Å²) >= 11 is 0. The summed E-state index contributed by atoms with van der Waals surface area (Å²) in [6, 6.07) is 5.75. The minimum Gasteiger partial charge on any atom is -0.314 e. The first-order valence-corrected chi connectivity index (χ1v) is 7.54. The van der Waals surface area contributed by atoms with Gasteiger partial charge in [-0.2, -0.15) is 0 Å². The third-order valence-corrected chi connectivity index (χ3v) is 3.61. The summed E-state index contributed by atoms with van der Waals surface area (Å²) in [4.78, 5) is 0. The molecule has 0 aliphatic rings. The van der Waals surface area contributed by atoms with Gasteiger partial charge >= 0.3 is 0 Å². The Kier molecular flexibility index (Phi) is 5.55. The van der Waals surface area contributed by atoms with E-state index in [4.69, 9.17) is 0 Å². The molecule has 0 fully saturated rings. The molecule has 1 aromatic rings. The second-order valence-corrected chi connectivity index (χ2v) is 6.24. The van der Waals surface area contributed by atoms with Gasteiger partial charge in [0.05, 0.1) is 11.4 Å². The lowest BCUT2D eigenvalue weighted by Gasteiger charge is -2.10. The van der Waals surface area contributed by atoms with E-state index in [0.717, 1.165) is 6.07 Å². The SMILES string of the molecule is CC(C)NCCCS(=O)(=O)Nc1cccc(F)c1. The van der Waals surface area contributed by atoms with Crippen molar-refractivity contribution in [2.24, 2.45) is 0 Å². The van der Waals surface area contributed by atoms with Crippen LogP contribution in [0.25, 0.3) is 0 Å². The van der Waals surface area contributed by atoms with Gasteiger partial charge in [-0.1, -0.05) is 19.9 Å². The van der Waals surface area contributed by atoms with E-state index >= 15 is 0 Å². The van der Waals surface area contributed by atoms with E-state index in [-0.39, 0.29) is 11.4 Å². The van der Waals surface area contributed by atoms with Crippen LogP contribution in [0.1, 0.15) is 20.3 Å². The highest BCUT2D eigenvalue weighted by Gasteiger charge is 2.10. The molecule has 0 saturated heterocycles. The van der Waals surface area contributed by atoms with Crippen molar-refractivity contribution in [3.05, 3.63) is 30.1 Å². The van der Waals surface area contributed by atoms with Gasteiger partial charge in [-0.25, -0.2) is 12.8 Å². The molecule has 0 saturated carbocycles.